The Labute approximate surface area is 218 Å². The van der Waals surface area contributed by atoms with E-state index in [-0.39, 0.29) is 0 Å². The van der Waals surface area contributed by atoms with E-state index < -0.39 is 0 Å². The first-order valence-corrected chi connectivity index (χ1v) is 12.7. The zero-order chi connectivity index (χ0) is 24.6. The molecule has 0 saturated carbocycles. The summed E-state index contributed by atoms with van der Waals surface area (Å²) in [7, 11) is 0. The van der Waals surface area contributed by atoms with Gasteiger partial charge in [-0.05, 0) is 55.3 Å². The molecule has 0 aliphatic carbocycles. The minimum atomic E-state index is 0.297. The molecule has 180 valence electrons. The van der Waals surface area contributed by atoms with Gasteiger partial charge in [0, 0.05) is 21.4 Å². The molecule has 0 unspecified atom stereocenters. The molecule has 0 atom stereocenters. The summed E-state index contributed by atoms with van der Waals surface area (Å²) >= 11 is 13.8. The van der Waals surface area contributed by atoms with E-state index in [9.17, 15) is 0 Å². The van der Waals surface area contributed by atoms with Crippen LogP contribution in [0, 0.1) is 6.92 Å². The van der Waals surface area contributed by atoms with Crippen LogP contribution < -0.4 is 9.47 Å². The van der Waals surface area contributed by atoms with Crippen molar-refractivity contribution in [2.45, 2.75) is 31.4 Å². The van der Waals surface area contributed by atoms with E-state index in [2.05, 4.69) is 46.5 Å². The van der Waals surface area contributed by atoms with Crippen molar-refractivity contribution in [1.29, 1.82) is 0 Å². The maximum Gasteiger partial charge on any atom is 0.212 e. The van der Waals surface area contributed by atoms with Gasteiger partial charge in [0.1, 0.15) is 12.9 Å². The standard InChI is InChI=1S/C26H24Cl2N4O2S/c1-3-33-25-12-20(8-11-24(25)34-15-21-9-10-22(27)13-23(21)28)14-30-32-17-29-31-26(32)35-16-19-6-4-18(2)5-7-19/h4-14,17H,3,15-16H2,1-2H3/b30-14+. The van der Waals surface area contributed by atoms with Crippen molar-refractivity contribution in [2.75, 3.05) is 6.61 Å². The third kappa shape index (κ3) is 7.01. The minimum absolute atomic E-state index is 0.297. The van der Waals surface area contributed by atoms with Gasteiger partial charge < -0.3 is 9.47 Å². The smallest absolute Gasteiger partial charge is 0.212 e. The molecule has 6 nitrogen and oxygen atoms in total. The van der Waals surface area contributed by atoms with Crippen molar-refractivity contribution >= 4 is 41.2 Å². The molecular formula is C26H24Cl2N4O2S. The quantitative estimate of drug-likeness (QED) is 0.163. The summed E-state index contributed by atoms with van der Waals surface area (Å²) in [6, 6.07) is 19.4. The molecule has 1 aromatic heterocycles. The van der Waals surface area contributed by atoms with Crippen LogP contribution in [-0.2, 0) is 12.4 Å². The first kappa shape index (κ1) is 25.1. The van der Waals surface area contributed by atoms with Crippen LogP contribution in [0.15, 0.2) is 77.2 Å². The lowest BCUT2D eigenvalue weighted by Gasteiger charge is -2.13. The van der Waals surface area contributed by atoms with Crippen molar-refractivity contribution in [3.05, 3.63) is 99.3 Å². The van der Waals surface area contributed by atoms with Gasteiger partial charge in [0.2, 0.25) is 5.16 Å². The Morgan fingerprint density at radius 3 is 2.60 bits per heavy atom. The highest BCUT2D eigenvalue weighted by Crippen LogP contribution is 2.30. The molecular weight excluding hydrogens is 503 g/mol. The van der Waals surface area contributed by atoms with Crippen LogP contribution >= 0.6 is 35.0 Å². The summed E-state index contributed by atoms with van der Waals surface area (Å²) < 4.78 is 13.4. The van der Waals surface area contributed by atoms with Crippen LogP contribution in [0.3, 0.4) is 0 Å². The van der Waals surface area contributed by atoms with Crippen LogP contribution in [0.5, 0.6) is 11.5 Å². The lowest BCUT2D eigenvalue weighted by molar-refractivity contribution is 0.269. The summed E-state index contributed by atoms with van der Waals surface area (Å²) in [5.41, 5.74) is 4.15. The Morgan fingerprint density at radius 2 is 1.83 bits per heavy atom. The first-order valence-electron chi connectivity index (χ1n) is 11.0. The molecule has 1 heterocycles. The highest BCUT2D eigenvalue weighted by molar-refractivity contribution is 7.98. The van der Waals surface area contributed by atoms with Gasteiger partial charge in [-0.25, -0.2) is 0 Å². The Kier molecular flexibility index (Phi) is 8.69. The molecule has 0 N–H and O–H groups in total. The summed E-state index contributed by atoms with van der Waals surface area (Å²) in [4.78, 5) is 0. The molecule has 0 saturated heterocycles. The molecule has 9 heteroatoms. The second-order valence-corrected chi connectivity index (χ2v) is 9.43. The molecule has 0 aliphatic rings. The van der Waals surface area contributed by atoms with E-state index in [0.29, 0.717) is 39.9 Å². The topological polar surface area (TPSA) is 61.5 Å². The fourth-order valence-electron chi connectivity index (χ4n) is 3.14. The lowest BCUT2D eigenvalue weighted by atomic mass is 10.2. The number of benzene rings is 3. The molecule has 0 radical (unpaired) electrons. The second-order valence-electron chi connectivity index (χ2n) is 7.64. The van der Waals surface area contributed by atoms with Crippen molar-refractivity contribution in [3.63, 3.8) is 0 Å². The molecule has 0 spiro atoms. The number of halogens is 2. The average molecular weight is 527 g/mol. The largest absolute Gasteiger partial charge is 0.490 e. The van der Waals surface area contributed by atoms with E-state index in [4.69, 9.17) is 32.7 Å². The number of ether oxygens (including phenoxy) is 2. The Bertz CT molecular complexity index is 1310. The first-order chi connectivity index (χ1) is 17.0. The van der Waals surface area contributed by atoms with E-state index in [1.54, 1.807) is 41.1 Å². The molecule has 0 fully saturated rings. The Hall–Kier alpha value is -3.00. The monoisotopic (exact) mass is 526 g/mol. The van der Waals surface area contributed by atoms with Gasteiger partial charge in [0.05, 0.1) is 12.8 Å². The lowest BCUT2D eigenvalue weighted by Crippen LogP contribution is -2.01. The number of aryl methyl sites for hydroxylation is 1. The molecule has 0 aliphatic heterocycles. The van der Waals surface area contributed by atoms with Crippen molar-refractivity contribution in [3.8, 4) is 11.5 Å². The molecule has 0 bridgehead atoms. The van der Waals surface area contributed by atoms with Crippen LogP contribution in [0.25, 0.3) is 0 Å². The maximum absolute atomic E-state index is 6.26. The zero-order valence-corrected chi connectivity index (χ0v) is 21.6. The number of hydrogen-bond donors (Lipinski definition) is 0. The van der Waals surface area contributed by atoms with Crippen molar-refractivity contribution < 1.29 is 9.47 Å². The van der Waals surface area contributed by atoms with Gasteiger partial charge in [0.15, 0.2) is 11.5 Å². The van der Waals surface area contributed by atoms with E-state index in [1.807, 2.05) is 31.2 Å². The third-order valence-electron chi connectivity index (χ3n) is 4.99. The number of thioether (sulfide) groups is 1. The second kappa shape index (κ2) is 12.1. The summed E-state index contributed by atoms with van der Waals surface area (Å²) in [6.07, 6.45) is 3.33. The SMILES string of the molecule is CCOc1cc(/C=N/n2cnnc2SCc2ccc(C)cc2)ccc1OCc1ccc(Cl)cc1Cl. The summed E-state index contributed by atoms with van der Waals surface area (Å²) in [5, 5.41) is 14.6. The van der Waals surface area contributed by atoms with Gasteiger partial charge >= 0.3 is 0 Å². The van der Waals surface area contributed by atoms with Gasteiger partial charge in [0.25, 0.3) is 0 Å². The zero-order valence-electron chi connectivity index (χ0n) is 19.3. The maximum atomic E-state index is 6.26. The summed E-state index contributed by atoms with van der Waals surface area (Å²) in [6.45, 7) is 4.80. The Morgan fingerprint density at radius 1 is 1.00 bits per heavy atom. The highest BCUT2D eigenvalue weighted by Gasteiger charge is 2.09. The number of nitrogens with zero attached hydrogens (tertiary/aromatic N) is 4. The van der Waals surface area contributed by atoms with Gasteiger partial charge in [-0.2, -0.15) is 9.78 Å². The highest BCUT2D eigenvalue weighted by atomic mass is 35.5. The normalized spacial score (nSPS) is 11.2. The van der Waals surface area contributed by atoms with Crippen molar-refractivity contribution in [1.82, 2.24) is 14.9 Å². The molecule has 4 rings (SSSR count). The fraction of sp³-hybridized carbons (Fsp3) is 0.192. The van der Waals surface area contributed by atoms with Gasteiger partial charge in [-0.15, -0.1) is 10.2 Å². The van der Waals surface area contributed by atoms with Gasteiger partial charge in [-0.1, -0.05) is 70.9 Å². The van der Waals surface area contributed by atoms with E-state index in [0.717, 1.165) is 16.9 Å². The van der Waals surface area contributed by atoms with Crippen LogP contribution in [0.2, 0.25) is 10.0 Å². The Balaban J connectivity index is 1.44. The van der Waals surface area contributed by atoms with E-state index >= 15 is 0 Å². The predicted octanol–water partition coefficient (Wildman–Crippen LogP) is 7.05. The average Bonchev–Trinajstić information content (AvgIpc) is 3.30. The number of rotatable bonds is 10. The van der Waals surface area contributed by atoms with Crippen LogP contribution in [-0.4, -0.2) is 27.7 Å². The van der Waals surface area contributed by atoms with Crippen molar-refractivity contribution in [2.24, 2.45) is 5.10 Å². The summed E-state index contributed by atoms with van der Waals surface area (Å²) in [5.74, 6) is 2.03. The minimum Gasteiger partial charge on any atom is -0.490 e. The van der Waals surface area contributed by atoms with Gasteiger partial charge in [-0.3, -0.25) is 0 Å². The third-order valence-corrected chi connectivity index (χ3v) is 6.58. The molecule has 3 aromatic carbocycles. The fourth-order valence-corrected chi connectivity index (χ4v) is 4.42. The number of hydrogen-bond acceptors (Lipinski definition) is 6. The number of aromatic nitrogens is 3. The van der Waals surface area contributed by atoms with E-state index in [1.165, 1.54) is 11.1 Å². The molecule has 35 heavy (non-hydrogen) atoms. The van der Waals surface area contributed by atoms with Crippen LogP contribution in [0.4, 0.5) is 0 Å². The predicted molar refractivity (Wildman–Crippen MR) is 142 cm³/mol. The molecule has 0 amide bonds. The molecule has 4 aromatic rings. The van der Waals surface area contributed by atoms with Crippen LogP contribution in [0.1, 0.15) is 29.2 Å².